The molecule has 1 heteroatoms. The summed E-state index contributed by atoms with van der Waals surface area (Å²) >= 11 is 0. The molecule has 0 bridgehead atoms. The lowest BCUT2D eigenvalue weighted by molar-refractivity contribution is 1.27. The molecule has 0 aliphatic carbocycles. The van der Waals surface area contributed by atoms with Crippen LogP contribution in [0, 0.1) is 0 Å². The molecule has 0 radical (unpaired) electrons. The third-order valence-electron chi connectivity index (χ3n) is 1.78. The van der Waals surface area contributed by atoms with Crippen LogP contribution >= 0.6 is 0 Å². The summed E-state index contributed by atoms with van der Waals surface area (Å²) in [6.45, 7) is 12.0. The fourth-order valence-corrected chi connectivity index (χ4v) is 0.894. The van der Waals surface area contributed by atoms with Crippen molar-refractivity contribution in [2.45, 2.75) is 27.7 Å². The topological polar surface area (TPSA) is 12.9 Å². The van der Waals surface area contributed by atoms with E-state index in [-0.39, 0.29) is 0 Å². The van der Waals surface area contributed by atoms with Crippen LogP contribution in [0.4, 0.5) is 0 Å². The van der Waals surface area contributed by atoms with E-state index in [1.165, 1.54) is 5.57 Å². The van der Waals surface area contributed by atoms with Gasteiger partial charge in [0.25, 0.3) is 0 Å². The van der Waals surface area contributed by atoms with E-state index < -0.39 is 0 Å². The molecular weight excluding hydrogens is 170 g/mol. The van der Waals surface area contributed by atoms with Crippen LogP contribution in [-0.2, 0) is 0 Å². The molecule has 0 saturated heterocycles. The first kappa shape index (κ1) is 12.6. The summed E-state index contributed by atoms with van der Waals surface area (Å²) in [4.78, 5) is 4.03. The fourth-order valence-electron chi connectivity index (χ4n) is 0.894. The van der Waals surface area contributed by atoms with Gasteiger partial charge in [0, 0.05) is 12.4 Å². The third kappa shape index (κ3) is 4.04. The van der Waals surface area contributed by atoms with E-state index in [1.807, 2.05) is 33.0 Å². The van der Waals surface area contributed by atoms with Gasteiger partial charge in [-0.25, -0.2) is 0 Å². The summed E-state index contributed by atoms with van der Waals surface area (Å²) in [5.74, 6) is 0. The Kier molecular flexibility index (Phi) is 6.38. The number of hydrogen-bond donors (Lipinski definition) is 0. The molecule has 0 aliphatic heterocycles. The predicted octanol–water partition coefficient (Wildman–Crippen LogP) is 2.26. The van der Waals surface area contributed by atoms with Gasteiger partial charge >= 0.3 is 0 Å². The Bertz CT molecular complexity index is 388. The van der Waals surface area contributed by atoms with Crippen molar-refractivity contribution < 1.29 is 0 Å². The molecule has 0 N–H and O–H groups in total. The molecule has 0 aliphatic rings. The van der Waals surface area contributed by atoms with Crippen LogP contribution in [-0.4, -0.2) is 4.98 Å². The normalized spacial score (nSPS) is 12.0. The molecule has 0 unspecified atom stereocenters. The minimum Gasteiger partial charge on any atom is -0.264 e. The van der Waals surface area contributed by atoms with E-state index in [4.69, 9.17) is 0 Å². The van der Waals surface area contributed by atoms with E-state index in [1.54, 1.807) is 6.20 Å². The van der Waals surface area contributed by atoms with Crippen molar-refractivity contribution in [1.29, 1.82) is 0 Å². The monoisotopic (exact) mass is 189 g/mol. The zero-order valence-electron chi connectivity index (χ0n) is 9.54. The minimum absolute atomic E-state index is 1.02. The molecule has 76 valence electrons. The second kappa shape index (κ2) is 7.07. The van der Waals surface area contributed by atoms with Gasteiger partial charge in [0.2, 0.25) is 0 Å². The van der Waals surface area contributed by atoms with Crippen LogP contribution in [0.1, 0.15) is 27.7 Å². The van der Waals surface area contributed by atoms with Crippen LogP contribution in [0.2, 0.25) is 0 Å². The highest BCUT2D eigenvalue weighted by Crippen LogP contribution is 1.90. The Hall–Kier alpha value is -1.37. The molecule has 0 saturated carbocycles. The van der Waals surface area contributed by atoms with Crippen molar-refractivity contribution in [2.75, 3.05) is 0 Å². The average Bonchev–Trinajstić information content (AvgIpc) is 2.24. The van der Waals surface area contributed by atoms with Crippen LogP contribution in [0.15, 0.2) is 30.1 Å². The predicted molar refractivity (Wildman–Crippen MR) is 64.3 cm³/mol. The third-order valence-corrected chi connectivity index (χ3v) is 1.78. The van der Waals surface area contributed by atoms with Crippen molar-refractivity contribution in [2.24, 2.45) is 0 Å². The van der Waals surface area contributed by atoms with Crippen LogP contribution < -0.4 is 10.4 Å². The van der Waals surface area contributed by atoms with E-state index in [9.17, 15) is 0 Å². The molecule has 1 aromatic heterocycles. The van der Waals surface area contributed by atoms with Gasteiger partial charge in [-0.2, -0.15) is 0 Å². The lowest BCUT2D eigenvalue weighted by Gasteiger charge is -1.89. The van der Waals surface area contributed by atoms with Gasteiger partial charge in [0.1, 0.15) is 0 Å². The van der Waals surface area contributed by atoms with Crippen molar-refractivity contribution in [3.63, 3.8) is 0 Å². The molecule has 14 heavy (non-hydrogen) atoms. The van der Waals surface area contributed by atoms with E-state index in [0.717, 1.165) is 10.4 Å². The van der Waals surface area contributed by atoms with Crippen LogP contribution in [0.3, 0.4) is 0 Å². The lowest BCUT2D eigenvalue weighted by atomic mass is 10.2. The summed E-state index contributed by atoms with van der Waals surface area (Å²) in [6.07, 6.45) is 7.72. The minimum atomic E-state index is 1.02. The standard InChI is InChI=1S/C11H13N.C2H6/c1-4-9(2)7-11-8-12-6-5-10(11)3;1-2/h4-8H,3H2,1-2H3;1-2H3/b9-4-,11-7-;. The Labute approximate surface area is 86.5 Å². The highest BCUT2D eigenvalue weighted by molar-refractivity contribution is 5.44. The zero-order chi connectivity index (χ0) is 11.0. The fraction of sp³-hybridized carbons (Fsp3) is 0.308. The molecule has 1 nitrogen and oxygen atoms in total. The molecule has 0 amide bonds. The van der Waals surface area contributed by atoms with Crippen molar-refractivity contribution in [3.8, 4) is 0 Å². The smallest absolute Gasteiger partial charge is 0.0346 e. The molecule has 0 aromatic carbocycles. The Balaban J connectivity index is 0.000000791. The molecular formula is C13H19N. The highest BCUT2D eigenvalue weighted by Gasteiger charge is 1.82. The number of aromatic nitrogens is 1. The molecule has 0 fully saturated rings. The molecule has 0 spiro atoms. The molecule has 1 heterocycles. The summed E-state index contributed by atoms with van der Waals surface area (Å²) in [6, 6.07) is 1.91. The summed E-state index contributed by atoms with van der Waals surface area (Å²) in [7, 11) is 0. The maximum atomic E-state index is 4.03. The van der Waals surface area contributed by atoms with E-state index >= 15 is 0 Å². The summed E-state index contributed by atoms with van der Waals surface area (Å²) in [5, 5.41) is 2.11. The van der Waals surface area contributed by atoms with Gasteiger partial charge in [-0.05, 0) is 30.4 Å². The number of nitrogens with zero attached hydrogens (tertiary/aromatic N) is 1. The second-order valence-corrected chi connectivity index (χ2v) is 2.75. The summed E-state index contributed by atoms with van der Waals surface area (Å²) < 4.78 is 0. The number of pyridine rings is 1. The molecule has 1 aromatic rings. The number of hydrogen-bond acceptors (Lipinski definition) is 1. The zero-order valence-corrected chi connectivity index (χ0v) is 9.54. The first-order valence-electron chi connectivity index (χ1n) is 4.97. The van der Waals surface area contributed by atoms with Crippen molar-refractivity contribution in [1.82, 2.24) is 4.98 Å². The maximum Gasteiger partial charge on any atom is 0.0346 e. The first-order valence-corrected chi connectivity index (χ1v) is 4.97. The largest absolute Gasteiger partial charge is 0.264 e. The van der Waals surface area contributed by atoms with Gasteiger partial charge in [-0.1, -0.05) is 38.2 Å². The Morgan fingerprint density at radius 3 is 2.57 bits per heavy atom. The maximum absolute atomic E-state index is 4.03. The van der Waals surface area contributed by atoms with E-state index in [0.29, 0.717) is 0 Å². The lowest BCUT2D eigenvalue weighted by Crippen LogP contribution is -2.22. The van der Waals surface area contributed by atoms with Gasteiger partial charge < -0.3 is 0 Å². The first-order chi connectivity index (χ1) is 6.74. The second-order valence-electron chi connectivity index (χ2n) is 2.75. The van der Waals surface area contributed by atoms with Gasteiger partial charge in [-0.15, -0.1) is 0 Å². The quantitative estimate of drug-likeness (QED) is 0.660. The Morgan fingerprint density at radius 2 is 2.07 bits per heavy atom. The number of allylic oxidation sites excluding steroid dienone is 2. The van der Waals surface area contributed by atoms with Crippen LogP contribution in [0.5, 0.6) is 0 Å². The van der Waals surface area contributed by atoms with Crippen molar-refractivity contribution in [3.05, 3.63) is 40.5 Å². The summed E-state index contributed by atoms with van der Waals surface area (Å²) in [5.41, 5.74) is 1.23. The average molecular weight is 189 g/mol. The molecule has 1 rings (SSSR count). The molecule has 0 atom stereocenters. The van der Waals surface area contributed by atoms with Gasteiger partial charge in [0.05, 0.1) is 0 Å². The highest BCUT2D eigenvalue weighted by atomic mass is 14.6. The van der Waals surface area contributed by atoms with Crippen LogP contribution in [0.25, 0.3) is 12.7 Å². The van der Waals surface area contributed by atoms with Gasteiger partial charge in [0.15, 0.2) is 0 Å². The van der Waals surface area contributed by atoms with Crippen molar-refractivity contribution >= 4 is 12.7 Å². The number of rotatable bonds is 1. The SMILES string of the molecule is C=c1ccnc/c1=C/C(C)=C\C.CC. The van der Waals surface area contributed by atoms with E-state index in [2.05, 4.69) is 30.6 Å². The van der Waals surface area contributed by atoms with Gasteiger partial charge in [-0.3, -0.25) is 4.98 Å². The Morgan fingerprint density at radius 1 is 1.43 bits per heavy atom.